The molecule has 6 atom stereocenters. The van der Waals surface area contributed by atoms with Crippen LogP contribution in [0.5, 0.6) is 0 Å². The van der Waals surface area contributed by atoms with Gasteiger partial charge in [-0.15, -0.1) is 0 Å². The van der Waals surface area contributed by atoms with Crippen molar-refractivity contribution in [2.45, 2.75) is 419 Å². The van der Waals surface area contributed by atoms with Gasteiger partial charge in [-0.2, -0.15) is 0 Å². The molecule has 0 aromatic heterocycles. The largest absolute Gasteiger partial charge is 0.472 e. The molecule has 0 aliphatic rings. The molecular formula is C76H148O17P2. The maximum atomic E-state index is 13.1. The molecule has 0 amide bonds. The molecule has 0 aromatic rings. The van der Waals surface area contributed by atoms with E-state index in [9.17, 15) is 43.2 Å². The quantitative estimate of drug-likeness (QED) is 0.0222. The van der Waals surface area contributed by atoms with Crippen molar-refractivity contribution in [2.75, 3.05) is 39.6 Å². The summed E-state index contributed by atoms with van der Waals surface area (Å²) in [5.41, 5.74) is 0. The number of ether oxygens (including phenoxy) is 4. The summed E-state index contributed by atoms with van der Waals surface area (Å²) >= 11 is 0. The Kier molecular flexibility index (Phi) is 67.7. The normalized spacial score (nSPS) is 14.2. The Morgan fingerprint density at radius 2 is 0.505 bits per heavy atom. The standard InChI is InChI=1S/C76H148O17P2/c1-6-10-13-16-19-22-23-24-25-26-27-28-29-34-37-42-47-52-57-62-76(81)93-72(66-87-74(79)60-55-50-45-41-36-33-31-30-32-35-40-43-48-53-58-69(5)9-4)68-91-95(84,85)89-64-70(77)63-88-94(82,83)90-67-71(92-75(80)61-56-51-46-39-21-18-15-12-8-3)65-86-73(78)59-54-49-44-38-20-17-14-11-7-2/h69-72,77H,6-68H2,1-5H3,(H,82,83)(H,84,85)/t69?,70-,71+,72+/m0/s1. The van der Waals surface area contributed by atoms with Crippen LogP contribution in [-0.4, -0.2) is 96.7 Å². The summed E-state index contributed by atoms with van der Waals surface area (Å²) in [6.07, 6.45) is 58.3. The van der Waals surface area contributed by atoms with Crippen LogP contribution < -0.4 is 0 Å². The Hall–Kier alpha value is -1.94. The minimum absolute atomic E-state index is 0.106. The van der Waals surface area contributed by atoms with Crippen LogP contribution >= 0.6 is 15.6 Å². The number of carbonyl (C=O) groups is 4. The van der Waals surface area contributed by atoms with E-state index in [1.165, 1.54) is 225 Å². The van der Waals surface area contributed by atoms with Crippen molar-refractivity contribution in [1.29, 1.82) is 0 Å². The maximum Gasteiger partial charge on any atom is 0.472 e. The van der Waals surface area contributed by atoms with Crippen LogP contribution in [0.3, 0.4) is 0 Å². The third kappa shape index (κ3) is 69.0. The van der Waals surface area contributed by atoms with Crippen molar-refractivity contribution in [1.82, 2.24) is 0 Å². The van der Waals surface area contributed by atoms with Gasteiger partial charge in [-0.25, -0.2) is 9.13 Å². The number of phosphoric acid groups is 2. The van der Waals surface area contributed by atoms with Gasteiger partial charge in [0.25, 0.3) is 0 Å². The van der Waals surface area contributed by atoms with Gasteiger partial charge < -0.3 is 33.8 Å². The summed E-state index contributed by atoms with van der Waals surface area (Å²) in [6.45, 7) is 7.31. The van der Waals surface area contributed by atoms with Crippen molar-refractivity contribution in [2.24, 2.45) is 5.92 Å². The van der Waals surface area contributed by atoms with Gasteiger partial charge in [-0.1, -0.05) is 349 Å². The summed E-state index contributed by atoms with van der Waals surface area (Å²) in [4.78, 5) is 72.7. The SMILES string of the molecule is CCCCCCCCCCCCCCCCCCCCCC(=O)O[C@H](COC(=O)CCCCCCCCCCCCCCCCC(C)CC)COP(=O)(O)OC[C@@H](O)COP(=O)(O)OC[C@@H](COC(=O)CCCCCCCCCCC)OC(=O)CCCCCCCCCCC. The van der Waals surface area contributed by atoms with E-state index in [0.717, 1.165) is 95.8 Å². The van der Waals surface area contributed by atoms with E-state index in [4.69, 9.17) is 37.0 Å². The monoisotopic (exact) mass is 1400 g/mol. The topological polar surface area (TPSA) is 237 Å². The number of rotatable bonds is 76. The van der Waals surface area contributed by atoms with E-state index >= 15 is 0 Å². The van der Waals surface area contributed by atoms with Gasteiger partial charge in [0.05, 0.1) is 26.4 Å². The molecule has 17 nitrogen and oxygen atoms in total. The smallest absolute Gasteiger partial charge is 0.462 e. The molecule has 0 aromatic carbocycles. The van der Waals surface area contributed by atoms with Crippen molar-refractivity contribution in [3.63, 3.8) is 0 Å². The Labute approximate surface area is 581 Å². The summed E-state index contributed by atoms with van der Waals surface area (Å²) in [5.74, 6) is -1.27. The lowest BCUT2D eigenvalue weighted by Crippen LogP contribution is -2.30. The number of phosphoric ester groups is 2. The van der Waals surface area contributed by atoms with Gasteiger partial charge >= 0.3 is 39.5 Å². The fourth-order valence-electron chi connectivity index (χ4n) is 11.7. The number of unbranched alkanes of at least 4 members (excludes halogenated alkanes) is 47. The Bertz CT molecular complexity index is 1820. The molecule has 0 heterocycles. The highest BCUT2D eigenvalue weighted by atomic mass is 31.2. The van der Waals surface area contributed by atoms with Crippen LogP contribution in [0.4, 0.5) is 0 Å². The predicted molar refractivity (Wildman–Crippen MR) is 386 cm³/mol. The van der Waals surface area contributed by atoms with Gasteiger partial charge in [0.1, 0.15) is 19.3 Å². The van der Waals surface area contributed by atoms with Gasteiger partial charge in [0.15, 0.2) is 12.2 Å². The molecule has 3 unspecified atom stereocenters. The maximum absolute atomic E-state index is 13.1. The van der Waals surface area contributed by atoms with E-state index in [1.54, 1.807) is 0 Å². The van der Waals surface area contributed by atoms with E-state index < -0.39 is 97.5 Å². The molecule has 0 aliphatic heterocycles. The van der Waals surface area contributed by atoms with E-state index in [2.05, 4.69) is 34.6 Å². The summed E-state index contributed by atoms with van der Waals surface area (Å²) in [7, 11) is -9.90. The predicted octanol–water partition coefficient (Wildman–Crippen LogP) is 22.5. The average Bonchev–Trinajstić information content (AvgIpc) is 2.20. The third-order valence-electron chi connectivity index (χ3n) is 18.1. The second-order valence-corrected chi connectivity index (χ2v) is 30.5. The second kappa shape index (κ2) is 69.2. The molecule has 0 saturated carbocycles. The zero-order chi connectivity index (χ0) is 69.8. The number of esters is 4. The van der Waals surface area contributed by atoms with Crippen molar-refractivity contribution < 1.29 is 80.2 Å². The van der Waals surface area contributed by atoms with Gasteiger partial charge in [-0.05, 0) is 31.6 Å². The molecule has 564 valence electrons. The van der Waals surface area contributed by atoms with Gasteiger partial charge in [0, 0.05) is 25.7 Å². The number of hydrogen-bond donors (Lipinski definition) is 3. The third-order valence-corrected chi connectivity index (χ3v) is 20.0. The summed E-state index contributed by atoms with van der Waals surface area (Å²) < 4.78 is 68.4. The average molecular weight is 1400 g/mol. The molecule has 0 rings (SSSR count). The number of aliphatic hydroxyl groups is 1. The van der Waals surface area contributed by atoms with E-state index in [-0.39, 0.29) is 25.7 Å². The van der Waals surface area contributed by atoms with Crippen LogP contribution in [-0.2, 0) is 65.4 Å². The first-order valence-corrected chi connectivity index (χ1v) is 42.7. The Morgan fingerprint density at radius 3 is 0.747 bits per heavy atom. The molecule has 19 heteroatoms. The lowest BCUT2D eigenvalue weighted by Gasteiger charge is -2.21. The van der Waals surface area contributed by atoms with Crippen LogP contribution in [0.25, 0.3) is 0 Å². The van der Waals surface area contributed by atoms with Crippen LogP contribution in [0.15, 0.2) is 0 Å². The zero-order valence-electron chi connectivity index (χ0n) is 61.8. The first kappa shape index (κ1) is 93.1. The molecule has 0 bridgehead atoms. The van der Waals surface area contributed by atoms with Crippen molar-refractivity contribution >= 4 is 39.5 Å². The van der Waals surface area contributed by atoms with Gasteiger partial charge in [0.2, 0.25) is 0 Å². The van der Waals surface area contributed by atoms with Crippen molar-refractivity contribution in [3.05, 3.63) is 0 Å². The molecule has 95 heavy (non-hydrogen) atoms. The first-order valence-electron chi connectivity index (χ1n) is 39.7. The summed E-state index contributed by atoms with van der Waals surface area (Å²) in [6, 6.07) is 0. The summed E-state index contributed by atoms with van der Waals surface area (Å²) in [5, 5.41) is 10.6. The molecule has 0 aliphatic carbocycles. The molecule has 0 spiro atoms. The van der Waals surface area contributed by atoms with E-state index in [0.29, 0.717) is 25.7 Å². The Balaban J connectivity index is 5.18. The number of hydrogen-bond acceptors (Lipinski definition) is 15. The molecular weight excluding hydrogens is 1250 g/mol. The van der Waals surface area contributed by atoms with Crippen LogP contribution in [0.2, 0.25) is 0 Å². The molecule has 3 N–H and O–H groups in total. The van der Waals surface area contributed by atoms with Crippen LogP contribution in [0.1, 0.15) is 401 Å². The molecule has 0 radical (unpaired) electrons. The Morgan fingerprint density at radius 1 is 0.295 bits per heavy atom. The molecule has 0 saturated heterocycles. The number of aliphatic hydroxyl groups excluding tert-OH is 1. The van der Waals surface area contributed by atoms with Gasteiger partial charge in [-0.3, -0.25) is 37.3 Å². The fourth-order valence-corrected chi connectivity index (χ4v) is 13.3. The minimum Gasteiger partial charge on any atom is -0.462 e. The highest BCUT2D eigenvalue weighted by Crippen LogP contribution is 2.45. The second-order valence-electron chi connectivity index (χ2n) is 27.6. The van der Waals surface area contributed by atoms with Crippen molar-refractivity contribution in [3.8, 4) is 0 Å². The minimum atomic E-state index is -4.96. The molecule has 0 fully saturated rings. The lowest BCUT2D eigenvalue weighted by molar-refractivity contribution is -0.161. The first-order chi connectivity index (χ1) is 46.1. The lowest BCUT2D eigenvalue weighted by atomic mass is 9.99. The fraction of sp³-hybridized carbons (Fsp3) is 0.947. The van der Waals surface area contributed by atoms with E-state index in [1.807, 2.05) is 0 Å². The highest BCUT2D eigenvalue weighted by Gasteiger charge is 2.30. The number of carbonyl (C=O) groups excluding carboxylic acids is 4. The van der Waals surface area contributed by atoms with Crippen LogP contribution in [0, 0.1) is 5.92 Å². The zero-order valence-corrected chi connectivity index (χ0v) is 63.6. The highest BCUT2D eigenvalue weighted by molar-refractivity contribution is 7.47.